The molecule has 5 heteroatoms. The molecule has 0 bridgehead atoms. The second kappa shape index (κ2) is 6.74. The van der Waals surface area contributed by atoms with Crippen molar-refractivity contribution in [3.8, 4) is 5.75 Å². The monoisotopic (exact) mass is 386 g/mol. The Bertz CT molecular complexity index is 743. The smallest absolute Gasteiger partial charge is 0.315 e. The maximum Gasteiger partial charge on any atom is 0.315 e. The van der Waals surface area contributed by atoms with E-state index in [1.807, 2.05) is 12.1 Å². The second-order valence-corrected chi connectivity index (χ2v) is 9.68. The molecule has 1 spiro atoms. The molecule has 2 saturated heterocycles. The lowest BCUT2D eigenvalue weighted by atomic mass is 9.53. The third-order valence-electron chi connectivity index (χ3n) is 8.04. The molecule has 2 heterocycles. The first-order valence-electron chi connectivity index (χ1n) is 10.8. The Labute approximate surface area is 167 Å². The van der Waals surface area contributed by atoms with E-state index in [4.69, 9.17) is 14.2 Å². The Morgan fingerprint density at radius 1 is 1.25 bits per heavy atom. The van der Waals surface area contributed by atoms with Crippen molar-refractivity contribution in [1.82, 2.24) is 0 Å². The van der Waals surface area contributed by atoms with E-state index in [-0.39, 0.29) is 29.0 Å². The van der Waals surface area contributed by atoms with Crippen molar-refractivity contribution in [3.63, 3.8) is 0 Å². The van der Waals surface area contributed by atoms with Gasteiger partial charge < -0.3 is 19.5 Å². The molecule has 152 valence electrons. The number of fused-ring (bicyclic) bond motifs is 3. The van der Waals surface area contributed by atoms with Crippen LogP contribution in [0, 0.1) is 23.2 Å². The van der Waals surface area contributed by atoms with Crippen molar-refractivity contribution < 1.29 is 24.3 Å². The molecule has 2 aliphatic carbocycles. The first-order valence-corrected chi connectivity index (χ1v) is 10.8. The van der Waals surface area contributed by atoms with Gasteiger partial charge in [0.25, 0.3) is 0 Å². The lowest BCUT2D eigenvalue weighted by molar-refractivity contribution is -0.675. The highest BCUT2D eigenvalue weighted by Crippen LogP contribution is 2.62. The molecule has 1 aromatic rings. The van der Waals surface area contributed by atoms with Gasteiger partial charge in [-0.1, -0.05) is 6.92 Å². The molecule has 0 unspecified atom stereocenters. The van der Waals surface area contributed by atoms with Crippen molar-refractivity contribution in [3.05, 3.63) is 29.8 Å². The summed E-state index contributed by atoms with van der Waals surface area (Å²) in [5, 5.41) is 2.26. The van der Waals surface area contributed by atoms with Gasteiger partial charge in [0.15, 0.2) is 0 Å². The molecule has 5 rings (SSSR count). The number of benzene rings is 1. The van der Waals surface area contributed by atoms with Crippen LogP contribution in [0.15, 0.2) is 24.3 Å². The molecule has 0 radical (unpaired) electrons. The minimum atomic E-state index is 0.0190. The number of methoxy groups -OCH3 is 1. The summed E-state index contributed by atoms with van der Waals surface area (Å²) in [6.07, 6.45) is 5.92. The predicted molar refractivity (Wildman–Crippen MR) is 104 cm³/mol. The van der Waals surface area contributed by atoms with Gasteiger partial charge in [-0.2, -0.15) is 0 Å². The average molecular weight is 387 g/mol. The van der Waals surface area contributed by atoms with Gasteiger partial charge in [0.05, 0.1) is 25.9 Å². The number of epoxide rings is 1. The van der Waals surface area contributed by atoms with Crippen LogP contribution in [0.2, 0.25) is 0 Å². The van der Waals surface area contributed by atoms with Gasteiger partial charge in [-0.05, 0) is 67.7 Å². The van der Waals surface area contributed by atoms with Crippen LogP contribution in [-0.2, 0) is 20.8 Å². The molecule has 5 nitrogen and oxygen atoms in total. The predicted octanol–water partition coefficient (Wildman–Crippen LogP) is 2.29. The molecule has 28 heavy (non-hydrogen) atoms. The summed E-state index contributed by atoms with van der Waals surface area (Å²) < 4.78 is 17.1. The topological polar surface area (TPSA) is 64.7 Å². The zero-order chi connectivity index (χ0) is 19.4. The molecule has 4 aliphatic rings. The first kappa shape index (κ1) is 18.4. The number of ether oxygens (including phenoxy) is 3. The lowest BCUT2D eigenvalue weighted by Crippen LogP contribution is -2.84. The zero-order valence-electron chi connectivity index (χ0n) is 17.0. The standard InChI is InChI=1S/C23H31NO4/c1-22-8-3-9-23(14-27-23)20(22)10-17-18(21(25)28-19(17)11-22)13-24-12-15-4-6-16(26-2)7-5-15/h4-7,17-20,24H,3,8-14H2,1-2H3/p+1/t17-,18+,19-,20-,22-,23+/m1/s1. The van der Waals surface area contributed by atoms with E-state index in [0.717, 1.165) is 38.3 Å². The molecular weight excluding hydrogens is 354 g/mol. The summed E-state index contributed by atoms with van der Waals surface area (Å²) in [6, 6.07) is 8.16. The van der Waals surface area contributed by atoms with Crippen molar-refractivity contribution >= 4 is 5.97 Å². The van der Waals surface area contributed by atoms with E-state index in [0.29, 0.717) is 11.8 Å². The summed E-state index contributed by atoms with van der Waals surface area (Å²) in [5.74, 6) is 1.87. The van der Waals surface area contributed by atoms with Crippen LogP contribution >= 0.6 is 0 Å². The summed E-state index contributed by atoms with van der Waals surface area (Å²) in [5.41, 5.74) is 1.65. The maximum atomic E-state index is 12.7. The molecule has 2 aliphatic heterocycles. The van der Waals surface area contributed by atoms with Crippen molar-refractivity contribution in [2.45, 2.75) is 57.3 Å². The molecule has 0 amide bonds. The number of rotatable bonds is 5. The van der Waals surface area contributed by atoms with Crippen LogP contribution in [-0.4, -0.2) is 37.9 Å². The minimum absolute atomic E-state index is 0.0190. The van der Waals surface area contributed by atoms with Crippen molar-refractivity contribution in [1.29, 1.82) is 0 Å². The Kier molecular flexibility index (Phi) is 4.44. The van der Waals surface area contributed by atoms with Gasteiger partial charge in [0, 0.05) is 11.5 Å². The Balaban J connectivity index is 1.24. The molecule has 0 aromatic heterocycles. The normalized spacial score (nSPS) is 41.3. The number of hydrogen-bond donors (Lipinski definition) is 1. The number of carbonyl (C=O) groups excluding carboxylic acids is 1. The number of hydrogen-bond acceptors (Lipinski definition) is 4. The summed E-state index contributed by atoms with van der Waals surface area (Å²) in [6.45, 7) is 5.02. The van der Waals surface area contributed by atoms with Gasteiger partial charge in [0.2, 0.25) is 0 Å². The van der Waals surface area contributed by atoms with Crippen LogP contribution in [0.3, 0.4) is 0 Å². The molecule has 2 saturated carbocycles. The number of esters is 1. The Morgan fingerprint density at radius 2 is 2.04 bits per heavy atom. The molecule has 4 fully saturated rings. The second-order valence-electron chi connectivity index (χ2n) is 9.68. The first-order chi connectivity index (χ1) is 13.5. The highest BCUT2D eigenvalue weighted by Gasteiger charge is 2.65. The van der Waals surface area contributed by atoms with E-state index >= 15 is 0 Å². The summed E-state index contributed by atoms with van der Waals surface area (Å²) in [4.78, 5) is 12.7. The van der Waals surface area contributed by atoms with E-state index < -0.39 is 0 Å². The van der Waals surface area contributed by atoms with E-state index in [1.165, 1.54) is 24.8 Å². The number of carbonyl (C=O) groups is 1. The van der Waals surface area contributed by atoms with E-state index in [9.17, 15) is 4.79 Å². The summed E-state index contributed by atoms with van der Waals surface area (Å²) >= 11 is 0. The van der Waals surface area contributed by atoms with Gasteiger partial charge in [-0.15, -0.1) is 0 Å². The molecule has 6 atom stereocenters. The highest BCUT2D eigenvalue weighted by molar-refractivity contribution is 5.75. The third-order valence-corrected chi connectivity index (χ3v) is 8.04. The van der Waals surface area contributed by atoms with Gasteiger partial charge in [-0.3, -0.25) is 4.79 Å². The lowest BCUT2D eigenvalue weighted by Gasteiger charge is -2.51. The number of quaternary nitrogens is 1. The number of nitrogens with two attached hydrogens (primary N) is 1. The van der Waals surface area contributed by atoms with Crippen molar-refractivity contribution in [2.24, 2.45) is 23.2 Å². The maximum absolute atomic E-state index is 12.7. The highest BCUT2D eigenvalue weighted by atomic mass is 16.6. The zero-order valence-corrected chi connectivity index (χ0v) is 17.0. The Morgan fingerprint density at radius 3 is 2.75 bits per heavy atom. The Hall–Kier alpha value is -1.59. The molecular formula is C23H32NO4+. The fraction of sp³-hybridized carbons (Fsp3) is 0.696. The largest absolute Gasteiger partial charge is 0.497 e. The average Bonchev–Trinajstić information content (AvgIpc) is 3.39. The third kappa shape index (κ3) is 3.03. The van der Waals surface area contributed by atoms with Crippen LogP contribution in [0.1, 0.15) is 44.6 Å². The molecule has 2 N–H and O–H groups in total. The van der Waals surface area contributed by atoms with Crippen molar-refractivity contribution in [2.75, 3.05) is 20.3 Å². The minimum Gasteiger partial charge on any atom is -0.497 e. The molecule has 1 aromatic carbocycles. The van der Waals surface area contributed by atoms with Crippen LogP contribution in [0.4, 0.5) is 0 Å². The van der Waals surface area contributed by atoms with Gasteiger partial charge in [0.1, 0.15) is 24.3 Å². The van der Waals surface area contributed by atoms with E-state index in [2.05, 4.69) is 24.4 Å². The fourth-order valence-corrected chi connectivity index (χ4v) is 6.42. The van der Waals surface area contributed by atoms with Crippen LogP contribution < -0.4 is 10.1 Å². The quantitative estimate of drug-likeness (QED) is 0.623. The van der Waals surface area contributed by atoms with Gasteiger partial charge in [-0.25, -0.2) is 0 Å². The van der Waals surface area contributed by atoms with Crippen LogP contribution in [0.25, 0.3) is 0 Å². The van der Waals surface area contributed by atoms with Crippen LogP contribution in [0.5, 0.6) is 5.75 Å². The van der Waals surface area contributed by atoms with E-state index in [1.54, 1.807) is 7.11 Å². The fourth-order valence-electron chi connectivity index (χ4n) is 6.42. The van der Waals surface area contributed by atoms with Gasteiger partial charge >= 0.3 is 5.97 Å². The SMILES string of the molecule is COc1ccc(C[NH2+]C[C@@H]2C(=O)O[C@@H]3C[C@@]4(C)CCC[C@]5(CO5)[C@@H]4C[C@H]23)cc1. The summed E-state index contributed by atoms with van der Waals surface area (Å²) in [7, 11) is 1.68.